The molecular weight excluding hydrogens is 400 g/mol. The summed E-state index contributed by atoms with van der Waals surface area (Å²) in [6.07, 6.45) is 3.56. The molecular formula is C24H17ClN2O3. The summed E-state index contributed by atoms with van der Waals surface area (Å²) in [6, 6.07) is 21.2. The summed E-state index contributed by atoms with van der Waals surface area (Å²) in [6.45, 7) is 2.01. The van der Waals surface area contributed by atoms with E-state index >= 15 is 0 Å². The molecule has 0 unspecified atom stereocenters. The van der Waals surface area contributed by atoms with E-state index in [1.54, 1.807) is 41.3 Å². The zero-order chi connectivity index (χ0) is 21.3. The monoisotopic (exact) mass is 416 g/mol. The summed E-state index contributed by atoms with van der Waals surface area (Å²) in [5.41, 5.74) is 4.64. The molecule has 0 aliphatic carbocycles. The number of halogens is 1. The van der Waals surface area contributed by atoms with E-state index in [-0.39, 0.29) is 11.6 Å². The summed E-state index contributed by atoms with van der Waals surface area (Å²) >= 11 is 6.16. The number of aryl methyl sites for hydroxylation is 1. The largest absolute Gasteiger partial charge is 0.276 e. The minimum absolute atomic E-state index is 0.00587. The Kier molecular flexibility index (Phi) is 5.21. The molecule has 0 radical (unpaired) electrons. The third kappa shape index (κ3) is 3.88. The zero-order valence-electron chi connectivity index (χ0n) is 16.1. The van der Waals surface area contributed by atoms with E-state index in [2.05, 4.69) is 0 Å². The first-order valence-corrected chi connectivity index (χ1v) is 9.65. The molecule has 0 saturated heterocycles. The van der Waals surface area contributed by atoms with E-state index < -0.39 is 4.92 Å². The molecule has 3 aromatic carbocycles. The van der Waals surface area contributed by atoms with Crippen molar-refractivity contribution in [2.75, 3.05) is 4.90 Å². The molecule has 0 saturated carbocycles. The molecule has 1 aliphatic heterocycles. The Labute approximate surface area is 178 Å². The smallest absolute Gasteiger partial charge is 0.269 e. The first kappa shape index (κ1) is 19.6. The van der Waals surface area contributed by atoms with Gasteiger partial charge in [0, 0.05) is 22.7 Å². The Hall–Kier alpha value is -3.70. The summed E-state index contributed by atoms with van der Waals surface area (Å²) in [5, 5.41) is 11.4. The van der Waals surface area contributed by atoms with Crippen molar-refractivity contribution in [2.45, 2.75) is 6.92 Å². The van der Waals surface area contributed by atoms with Crippen molar-refractivity contribution in [3.05, 3.63) is 116 Å². The summed E-state index contributed by atoms with van der Waals surface area (Å²) in [7, 11) is 0. The molecule has 6 heteroatoms. The van der Waals surface area contributed by atoms with Gasteiger partial charge in [0.1, 0.15) is 0 Å². The molecule has 148 valence electrons. The van der Waals surface area contributed by atoms with Gasteiger partial charge in [-0.2, -0.15) is 0 Å². The van der Waals surface area contributed by atoms with E-state index in [4.69, 9.17) is 11.6 Å². The highest BCUT2D eigenvalue weighted by molar-refractivity contribution is 6.31. The van der Waals surface area contributed by atoms with Crippen LogP contribution in [0.4, 0.5) is 11.4 Å². The maximum Gasteiger partial charge on any atom is 0.269 e. The Bertz CT molecular complexity index is 1200. The van der Waals surface area contributed by atoms with Crippen LogP contribution in [0.3, 0.4) is 0 Å². The maximum atomic E-state index is 13.3. The predicted molar refractivity (Wildman–Crippen MR) is 119 cm³/mol. The lowest BCUT2D eigenvalue weighted by molar-refractivity contribution is -0.384. The van der Waals surface area contributed by atoms with Crippen molar-refractivity contribution < 1.29 is 9.72 Å². The molecule has 0 bridgehead atoms. The van der Waals surface area contributed by atoms with E-state index in [9.17, 15) is 14.9 Å². The average Bonchev–Trinajstić information content (AvgIpc) is 3.05. The molecule has 0 aromatic heterocycles. The number of carbonyl (C=O) groups is 1. The fourth-order valence-corrected chi connectivity index (χ4v) is 3.48. The van der Waals surface area contributed by atoms with Gasteiger partial charge in [-0.15, -0.1) is 0 Å². The van der Waals surface area contributed by atoms with Crippen LogP contribution in [0, 0.1) is 17.0 Å². The summed E-state index contributed by atoms with van der Waals surface area (Å²) in [5.74, 6) is -0.189. The van der Waals surface area contributed by atoms with Crippen LogP contribution in [0.15, 0.2) is 84.4 Å². The second kappa shape index (κ2) is 7.97. The molecule has 1 aliphatic rings. The van der Waals surface area contributed by atoms with Gasteiger partial charge in [-0.1, -0.05) is 47.5 Å². The number of non-ortho nitro benzene ring substituents is 1. The van der Waals surface area contributed by atoms with Crippen LogP contribution in [0.25, 0.3) is 11.8 Å². The Morgan fingerprint density at radius 3 is 2.33 bits per heavy atom. The van der Waals surface area contributed by atoms with E-state index in [1.807, 2.05) is 43.3 Å². The molecule has 0 fully saturated rings. The maximum absolute atomic E-state index is 13.3. The van der Waals surface area contributed by atoms with Crippen LogP contribution in [0.5, 0.6) is 0 Å². The Morgan fingerprint density at radius 2 is 1.70 bits per heavy atom. The van der Waals surface area contributed by atoms with Crippen LogP contribution >= 0.6 is 11.6 Å². The number of hydrogen-bond acceptors (Lipinski definition) is 3. The molecule has 30 heavy (non-hydrogen) atoms. The fourth-order valence-electron chi connectivity index (χ4n) is 3.30. The zero-order valence-corrected chi connectivity index (χ0v) is 16.8. The molecule has 1 amide bonds. The highest BCUT2D eigenvalue weighted by Crippen LogP contribution is 2.36. The molecule has 0 atom stereocenters. The minimum Gasteiger partial charge on any atom is -0.276 e. The van der Waals surface area contributed by atoms with Crippen molar-refractivity contribution >= 4 is 40.7 Å². The first-order valence-electron chi connectivity index (χ1n) is 9.27. The number of anilines is 1. The van der Waals surface area contributed by atoms with Gasteiger partial charge >= 0.3 is 0 Å². The molecule has 1 heterocycles. The van der Waals surface area contributed by atoms with Gasteiger partial charge in [-0.25, -0.2) is 0 Å². The Balaban J connectivity index is 1.79. The average molecular weight is 417 g/mol. The quantitative estimate of drug-likeness (QED) is 0.296. The molecule has 4 rings (SSSR count). The third-order valence-electron chi connectivity index (χ3n) is 4.82. The number of rotatable bonds is 4. The minimum atomic E-state index is -0.450. The summed E-state index contributed by atoms with van der Waals surface area (Å²) in [4.78, 5) is 25.4. The van der Waals surface area contributed by atoms with Crippen LogP contribution in [-0.2, 0) is 4.79 Å². The molecule has 0 N–H and O–H groups in total. The third-order valence-corrected chi connectivity index (χ3v) is 5.06. The number of amides is 1. The van der Waals surface area contributed by atoms with Crippen LogP contribution in [0.2, 0.25) is 5.02 Å². The van der Waals surface area contributed by atoms with Crippen molar-refractivity contribution in [1.82, 2.24) is 0 Å². The molecule has 5 nitrogen and oxygen atoms in total. The lowest BCUT2D eigenvalue weighted by Crippen LogP contribution is -2.24. The Morgan fingerprint density at radius 1 is 1.00 bits per heavy atom. The number of benzene rings is 3. The van der Waals surface area contributed by atoms with Crippen molar-refractivity contribution in [3.8, 4) is 0 Å². The van der Waals surface area contributed by atoms with Crippen LogP contribution in [-0.4, -0.2) is 10.8 Å². The van der Waals surface area contributed by atoms with Crippen molar-refractivity contribution in [3.63, 3.8) is 0 Å². The van der Waals surface area contributed by atoms with E-state index in [0.717, 1.165) is 16.8 Å². The van der Waals surface area contributed by atoms with Gasteiger partial charge < -0.3 is 0 Å². The highest BCUT2D eigenvalue weighted by Gasteiger charge is 2.30. The number of carbonyl (C=O) groups excluding carboxylic acids is 1. The van der Waals surface area contributed by atoms with Gasteiger partial charge in [0.05, 0.1) is 16.3 Å². The normalized spacial score (nSPS) is 14.9. The fraction of sp³-hybridized carbons (Fsp3) is 0.0417. The number of nitro groups is 1. The summed E-state index contributed by atoms with van der Waals surface area (Å²) < 4.78 is 0. The van der Waals surface area contributed by atoms with Crippen molar-refractivity contribution in [2.24, 2.45) is 0 Å². The number of hydrogen-bond donors (Lipinski definition) is 0. The first-order chi connectivity index (χ1) is 14.4. The van der Waals surface area contributed by atoms with Crippen LogP contribution < -0.4 is 4.90 Å². The van der Waals surface area contributed by atoms with E-state index in [0.29, 0.717) is 21.8 Å². The van der Waals surface area contributed by atoms with Gasteiger partial charge in [-0.05, 0) is 60.5 Å². The van der Waals surface area contributed by atoms with Gasteiger partial charge in [0.2, 0.25) is 0 Å². The highest BCUT2D eigenvalue weighted by atomic mass is 35.5. The molecule has 0 spiro atoms. The predicted octanol–water partition coefficient (Wildman–Crippen LogP) is 6.03. The van der Waals surface area contributed by atoms with E-state index in [1.165, 1.54) is 12.1 Å². The standard InChI is InChI=1S/C24H17ClN2O3/c1-16-5-9-18(10-6-16)23-14-19(13-17-7-11-21(12-8-17)27(29)30)24(28)26(23)22-4-2-3-20(25)15-22/h2-15H,1H3/b19-13+. The van der Waals surface area contributed by atoms with Gasteiger partial charge in [-0.3, -0.25) is 19.8 Å². The van der Waals surface area contributed by atoms with Crippen LogP contribution in [0.1, 0.15) is 16.7 Å². The topological polar surface area (TPSA) is 63.5 Å². The molecule has 3 aromatic rings. The number of nitro benzene ring substituents is 1. The van der Waals surface area contributed by atoms with Gasteiger partial charge in [0.15, 0.2) is 0 Å². The number of nitrogens with zero attached hydrogens (tertiary/aromatic N) is 2. The second-order valence-corrected chi connectivity index (χ2v) is 7.40. The van der Waals surface area contributed by atoms with Gasteiger partial charge in [0.25, 0.3) is 11.6 Å². The SMILES string of the molecule is Cc1ccc(C2=C/C(=C\c3ccc([N+](=O)[O-])cc3)C(=O)N2c2cccc(Cl)c2)cc1. The second-order valence-electron chi connectivity index (χ2n) is 6.96. The lowest BCUT2D eigenvalue weighted by Gasteiger charge is -2.21. The lowest BCUT2D eigenvalue weighted by atomic mass is 10.1. The van der Waals surface area contributed by atoms with Crippen molar-refractivity contribution in [1.29, 1.82) is 0 Å².